The number of halogens is 3. The molecule has 0 saturated heterocycles. The highest BCUT2D eigenvalue weighted by Crippen LogP contribution is 2.28. The van der Waals surface area contributed by atoms with Crippen molar-refractivity contribution in [1.29, 1.82) is 0 Å². The van der Waals surface area contributed by atoms with E-state index in [0.29, 0.717) is 21.5 Å². The summed E-state index contributed by atoms with van der Waals surface area (Å²) >= 11 is 9.21. The van der Waals surface area contributed by atoms with Crippen molar-refractivity contribution in [2.45, 2.75) is 12.5 Å². The minimum atomic E-state index is -0.750. The average molecular weight is 331 g/mol. The minimum absolute atomic E-state index is 0.347. The van der Waals surface area contributed by atoms with E-state index in [2.05, 4.69) is 20.9 Å². The van der Waals surface area contributed by atoms with E-state index in [4.69, 9.17) is 11.6 Å². The first-order valence-electron chi connectivity index (χ1n) is 5.29. The zero-order chi connectivity index (χ0) is 13.1. The number of hydrogen-bond acceptors (Lipinski definition) is 2. The van der Waals surface area contributed by atoms with Crippen molar-refractivity contribution in [2.24, 2.45) is 0 Å². The van der Waals surface area contributed by atoms with Crippen LogP contribution in [0.15, 0.2) is 41.1 Å². The Morgan fingerprint density at radius 3 is 2.83 bits per heavy atom. The molecule has 0 bridgehead atoms. The number of nitrogens with zero attached hydrogens (tertiary/aromatic N) is 1. The van der Waals surface area contributed by atoms with Gasteiger partial charge in [0, 0.05) is 23.3 Å². The second-order valence-corrected chi connectivity index (χ2v) is 5.11. The molecule has 1 unspecified atom stereocenters. The minimum Gasteiger partial charge on any atom is -0.388 e. The largest absolute Gasteiger partial charge is 0.388 e. The van der Waals surface area contributed by atoms with Gasteiger partial charge >= 0.3 is 0 Å². The molecule has 1 N–H and O–H groups in total. The molecule has 18 heavy (non-hydrogen) atoms. The molecule has 1 aromatic carbocycles. The zero-order valence-electron chi connectivity index (χ0n) is 9.28. The van der Waals surface area contributed by atoms with Gasteiger partial charge in [-0.2, -0.15) is 0 Å². The van der Waals surface area contributed by atoms with Crippen LogP contribution >= 0.6 is 27.5 Å². The third-order valence-corrected chi connectivity index (χ3v) is 3.62. The fraction of sp³-hybridized carbons (Fsp3) is 0.154. The van der Waals surface area contributed by atoms with Crippen LogP contribution < -0.4 is 0 Å². The van der Waals surface area contributed by atoms with Gasteiger partial charge in [0.05, 0.1) is 11.1 Å². The van der Waals surface area contributed by atoms with Crippen LogP contribution in [0.2, 0.25) is 5.02 Å². The lowest BCUT2D eigenvalue weighted by molar-refractivity contribution is 0.177. The predicted octanol–water partition coefficient (Wildman–Crippen LogP) is 3.91. The predicted molar refractivity (Wildman–Crippen MR) is 72.0 cm³/mol. The summed E-state index contributed by atoms with van der Waals surface area (Å²) < 4.78 is 13.5. The molecule has 0 saturated carbocycles. The van der Waals surface area contributed by atoms with Gasteiger partial charge in [0.2, 0.25) is 0 Å². The maximum Gasteiger partial charge on any atom is 0.124 e. The summed E-state index contributed by atoms with van der Waals surface area (Å²) in [6.07, 6.45) is 2.75. The monoisotopic (exact) mass is 329 g/mol. The maximum absolute atomic E-state index is 13.0. The zero-order valence-corrected chi connectivity index (χ0v) is 11.6. The van der Waals surface area contributed by atoms with Crippen molar-refractivity contribution >= 4 is 27.5 Å². The Balaban J connectivity index is 2.22. The lowest BCUT2D eigenvalue weighted by atomic mass is 10.0. The van der Waals surface area contributed by atoms with Gasteiger partial charge in [0.1, 0.15) is 5.82 Å². The molecule has 2 nitrogen and oxygen atoms in total. The molecule has 0 aliphatic heterocycles. The summed E-state index contributed by atoms with van der Waals surface area (Å²) in [5, 5.41) is 10.6. The highest BCUT2D eigenvalue weighted by atomic mass is 79.9. The molecule has 0 amide bonds. The third kappa shape index (κ3) is 3.07. The molecule has 0 fully saturated rings. The Morgan fingerprint density at radius 2 is 2.17 bits per heavy atom. The lowest BCUT2D eigenvalue weighted by Gasteiger charge is -2.13. The summed E-state index contributed by atoms with van der Waals surface area (Å²) in [5.74, 6) is -0.347. The fourth-order valence-electron chi connectivity index (χ4n) is 1.66. The molecule has 94 valence electrons. The summed E-state index contributed by atoms with van der Waals surface area (Å²) in [6.45, 7) is 0. The normalized spacial score (nSPS) is 12.4. The van der Waals surface area contributed by atoms with Gasteiger partial charge in [0.15, 0.2) is 0 Å². The number of pyridine rings is 1. The molecule has 0 aliphatic rings. The van der Waals surface area contributed by atoms with Crippen LogP contribution in [-0.4, -0.2) is 10.1 Å². The smallest absolute Gasteiger partial charge is 0.124 e. The van der Waals surface area contributed by atoms with Crippen LogP contribution in [-0.2, 0) is 6.42 Å². The van der Waals surface area contributed by atoms with Gasteiger partial charge in [-0.3, -0.25) is 4.98 Å². The first-order chi connectivity index (χ1) is 8.58. The number of aliphatic hydroxyl groups is 1. The molecule has 2 rings (SSSR count). The van der Waals surface area contributed by atoms with Crippen molar-refractivity contribution in [2.75, 3.05) is 0 Å². The molecule has 0 radical (unpaired) electrons. The van der Waals surface area contributed by atoms with Crippen molar-refractivity contribution in [1.82, 2.24) is 4.98 Å². The van der Waals surface area contributed by atoms with Crippen LogP contribution in [0.4, 0.5) is 4.39 Å². The van der Waals surface area contributed by atoms with Crippen molar-refractivity contribution in [3.8, 4) is 0 Å². The number of rotatable bonds is 3. The maximum atomic E-state index is 13.0. The van der Waals surface area contributed by atoms with E-state index in [1.807, 2.05) is 0 Å². The average Bonchev–Trinajstić information content (AvgIpc) is 2.32. The molecule has 5 heteroatoms. The summed E-state index contributed by atoms with van der Waals surface area (Å²) in [6, 6.07) is 5.95. The highest BCUT2D eigenvalue weighted by Gasteiger charge is 2.14. The van der Waals surface area contributed by atoms with E-state index < -0.39 is 6.10 Å². The van der Waals surface area contributed by atoms with Gasteiger partial charge in [-0.15, -0.1) is 0 Å². The lowest BCUT2D eigenvalue weighted by Crippen LogP contribution is -2.03. The van der Waals surface area contributed by atoms with Crippen molar-refractivity contribution in [3.05, 3.63) is 63.1 Å². The molecule has 1 heterocycles. The van der Waals surface area contributed by atoms with E-state index in [1.54, 1.807) is 18.3 Å². The standard InChI is InChI=1S/C13H10BrClFNO/c14-11-6-9(16)1-2-10(11)13(18)5-8-3-4-17-7-12(8)15/h1-4,6-7,13,18H,5H2. The number of hydrogen-bond donors (Lipinski definition) is 1. The molecular formula is C13H10BrClFNO. The summed E-state index contributed by atoms with van der Waals surface area (Å²) in [7, 11) is 0. The van der Waals surface area contributed by atoms with E-state index in [1.165, 1.54) is 18.3 Å². The van der Waals surface area contributed by atoms with Crippen molar-refractivity contribution < 1.29 is 9.50 Å². The first kappa shape index (κ1) is 13.5. The van der Waals surface area contributed by atoms with Crippen LogP contribution in [0.5, 0.6) is 0 Å². The third-order valence-electron chi connectivity index (χ3n) is 2.59. The Bertz CT molecular complexity index is 564. The van der Waals surface area contributed by atoms with Gasteiger partial charge in [0.25, 0.3) is 0 Å². The summed E-state index contributed by atoms with van der Waals surface area (Å²) in [5.41, 5.74) is 1.43. The molecule has 1 atom stereocenters. The molecular weight excluding hydrogens is 321 g/mol. The van der Waals surface area contributed by atoms with E-state index in [-0.39, 0.29) is 5.82 Å². The van der Waals surface area contributed by atoms with Gasteiger partial charge < -0.3 is 5.11 Å². The Labute approximate surface area is 118 Å². The second kappa shape index (κ2) is 5.78. The Hall–Kier alpha value is -0.970. The molecule has 0 spiro atoms. The van der Waals surface area contributed by atoms with E-state index >= 15 is 0 Å². The van der Waals surface area contributed by atoms with Gasteiger partial charge in [-0.25, -0.2) is 4.39 Å². The Kier molecular flexibility index (Phi) is 4.32. The SMILES string of the molecule is OC(Cc1ccncc1Cl)c1ccc(F)cc1Br. The summed E-state index contributed by atoms with van der Waals surface area (Å²) in [4.78, 5) is 3.88. The topological polar surface area (TPSA) is 33.1 Å². The fourth-order valence-corrected chi connectivity index (χ4v) is 2.47. The van der Waals surface area contributed by atoms with E-state index in [9.17, 15) is 9.50 Å². The highest BCUT2D eigenvalue weighted by molar-refractivity contribution is 9.10. The van der Waals surface area contributed by atoms with Crippen molar-refractivity contribution in [3.63, 3.8) is 0 Å². The molecule has 0 aliphatic carbocycles. The van der Waals surface area contributed by atoms with E-state index in [0.717, 1.165) is 5.56 Å². The number of aliphatic hydroxyl groups excluding tert-OH is 1. The number of aromatic nitrogens is 1. The van der Waals surface area contributed by atoms with Crippen LogP contribution in [0.25, 0.3) is 0 Å². The number of benzene rings is 1. The van der Waals surface area contributed by atoms with Gasteiger partial charge in [-0.1, -0.05) is 33.6 Å². The quantitative estimate of drug-likeness (QED) is 0.925. The van der Waals surface area contributed by atoms with Crippen LogP contribution in [0.1, 0.15) is 17.2 Å². The molecule has 1 aromatic heterocycles. The molecule has 2 aromatic rings. The van der Waals surface area contributed by atoms with Crippen LogP contribution in [0, 0.1) is 5.82 Å². The van der Waals surface area contributed by atoms with Crippen LogP contribution in [0.3, 0.4) is 0 Å². The Morgan fingerprint density at radius 1 is 1.39 bits per heavy atom. The van der Waals surface area contributed by atoms with Gasteiger partial charge in [-0.05, 0) is 29.3 Å². The first-order valence-corrected chi connectivity index (χ1v) is 6.46. The second-order valence-electron chi connectivity index (χ2n) is 3.85.